The van der Waals surface area contributed by atoms with Crippen LogP contribution in [0.5, 0.6) is 0 Å². The first-order valence-corrected chi connectivity index (χ1v) is 6.00. The minimum Gasteiger partial charge on any atom is -0.478 e. The summed E-state index contributed by atoms with van der Waals surface area (Å²) in [6.45, 7) is 5.83. The fourth-order valence-electron chi connectivity index (χ4n) is 1.99. The van der Waals surface area contributed by atoms with Crippen molar-refractivity contribution in [3.8, 4) is 0 Å². The van der Waals surface area contributed by atoms with Gasteiger partial charge in [0.2, 0.25) is 0 Å². The van der Waals surface area contributed by atoms with Gasteiger partial charge in [-0.1, -0.05) is 0 Å². The number of carboxylic acids is 1. The molecule has 2 aromatic rings. The van der Waals surface area contributed by atoms with Gasteiger partial charge in [0.05, 0.1) is 11.6 Å². The Balaban J connectivity index is 2.12. The van der Waals surface area contributed by atoms with E-state index >= 15 is 0 Å². The van der Waals surface area contributed by atoms with Gasteiger partial charge in [0.25, 0.3) is 0 Å². The lowest BCUT2D eigenvalue weighted by atomic mass is 10.1. The second-order valence-electron chi connectivity index (χ2n) is 4.47. The van der Waals surface area contributed by atoms with Crippen LogP contribution in [0.3, 0.4) is 0 Å². The Kier molecular flexibility index (Phi) is 3.55. The molecule has 2 aromatic heterocycles. The van der Waals surface area contributed by atoms with Crippen molar-refractivity contribution < 1.29 is 14.3 Å². The summed E-state index contributed by atoms with van der Waals surface area (Å²) in [5.74, 6) is 1.40. The Bertz CT molecular complexity index is 587. The molecule has 0 saturated heterocycles. The fourth-order valence-corrected chi connectivity index (χ4v) is 1.99. The zero-order valence-corrected chi connectivity index (χ0v) is 11.1. The number of nitrogens with one attached hydrogen (secondary N) is 1. The van der Waals surface area contributed by atoms with Gasteiger partial charge >= 0.3 is 5.97 Å². The molecule has 5 nitrogen and oxygen atoms in total. The number of furan rings is 1. The van der Waals surface area contributed by atoms with E-state index in [1.54, 1.807) is 6.07 Å². The lowest BCUT2D eigenvalue weighted by Gasteiger charge is -2.13. The molecule has 0 fully saturated rings. The van der Waals surface area contributed by atoms with E-state index in [0.717, 1.165) is 17.1 Å². The van der Waals surface area contributed by atoms with Crippen molar-refractivity contribution in [2.75, 3.05) is 5.32 Å². The number of pyridine rings is 1. The fraction of sp³-hybridized carbons (Fsp3) is 0.286. The molecule has 1 atom stereocenters. The van der Waals surface area contributed by atoms with Crippen LogP contribution < -0.4 is 5.32 Å². The van der Waals surface area contributed by atoms with Crippen molar-refractivity contribution in [3.63, 3.8) is 0 Å². The van der Waals surface area contributed by atoms with E-state index in [0.29, 0.717) is 5.82 Å². The predicted molar refractivity (Wildman–Crippen MR) is 71.4 cm³/mol. The summed E-state index contributed by atoms with van der Waals surface area (Å²) < 4.78 is 5.49. The van der Waals surface area contributed by atoms with E-state index in [4.69, 9.17) is 9.52 Å². The van der Waals surface area contributed by atoms with Gasteiger partial charge in [-0.3, -0.25) is 0 Å². The molecule has 0 bridgehead atoms. The van der Waals surface area contributed by atoms with Gasteiger partial charge in [0.15, 0.2) is 0 Å². The molecule has 2 rings (SSSR count). The smallest absolute Gasteiger partial charge is 0.337 e. The second-order valence-corrected chi connectivity index (χ2v) is 4.47. The van der Waals surface area contributed by atoms with Crippen LogP contribution in [0.15, 0.2) is 28.8 Å². The van der Waals surface area contributed by atoms with Crippen LogP contribution in [0.2, 0.25) is 0 Å². The summed E-state index contributed by atoms with van der Waals surface area (Å²) in [6.07, 6.45) is 1.34. The van der Waals surface area contributed by atoms with E-state index in [9.17, 15) is 4.79 Å². The Hall–Kier alpha value is -2.30. The topological polar surface area (TPSA) is 75.4 Å². The lowest BCUT2D eigenvalue weighted by molar-refractivity contribution is 0.0696. The zero-order chi connectivity index (χ0) is 14.0. The average molecular weight is 260 g/mol. The van der Waals surface area contributed by atoms with Crippen molar-refractivity contribution in [1.82, 2.24) is 4.98 Å². The SMILES string of the molecule is Cc1cc(C(C)Nc2ccc(C(=O)O)cn2)c(C)o1. The molecule has 5 heteroatoms. The van der Waals surface area contributed by atoms with Crippen LogP contribution in [0.25, 0.3) is 0 Å². The van der Waals surface area contributed by atoms with E-state index in [-0.39, 0.29) is 11.6 Å². The third-order valence-corrected chi connectivity index (χ3v) is 2.92. The summed E-state index contributed by atoms with van der Waals surface area (Å²) >= 11 is 0. The Labute approximate surface area is 111 Å². The number of aromatic nitrogens is 1. The van der Waals surface area contributed by atoms with E-state index in [1.807, 2.05) is 26.8 Å². The van der Waals surface area contributed by atoms with E-state index in [2.05, 4.69) is 10.3 Å². The molecule has 0 aliphatic heterocycles. The highest BCUT2D eigenvalue weighted by Gasteiger charge is 2.13. The number of hydrogen-bond acceptors (Lipinski definition) is 4. The van der Waals surface area contributed by atoms with Crippen molar-refractivity contribution in [2.24, 2.45) is 0 Å². The predicted octanol–water partition coefficient (Wildman–Crippen LogP) is 3.16. The molecule has 2 heterocycles. The number of hydrogen-bond donors (Lipinski definition) is 2. The maximum Gasteiger partial charge on any atom is 0.337 e. The van der Waals surface area contributed by atoms with Crippen LogP contribution in [-0.2, 0) is 0 Å². The van der Waals surface area contributed by atoms with Crippen LogP contribution in [-0.4, -0.2) is 16.1 Å². The number of carbonyl (C=O) groups is 1. The molecule has 0 spiro atoms. The average Bonchev–Trinajstić information content (AvgIpc) is 2.69. The Morgan fingerprint density at radius 3 is 2.63 bits per heavy atom. The number of anilines is 1. The number of rotatable bonds is 4. The molecule has 0 aliphatic rings. The van der Waals surface area contributed by atoms with Crippen LogP contribution in [0.4, 0.5) is 5.82 Å². The molecule has 1 unspecified atom stereocenters. The molecule has 0 radical (unpaired) electrons. The van der Waals surface area contributed by atoms with Gasteiger partial charge in [-0.15, -0.1) is 0 Å². The van der Waals surface area contributed by atoms with E-state index < -0.39 is 5.97 Å². The monoisotopic (exact) mass is 260 g/mol. The highest BCUT2D eigenvalue weighted by atomic mass is 16.4. The summed E-state index contributed by atoms with van der Waals surface area (Å²) in [7, 11) is 0. The largest absolute Gasteiger partial charge is 0.478 e. The maximum absolute atomic E-state index is 10.7. The van der Waals surface area contributed by atoms with Gasteiger partial charge in [-0.2, -0.15) is 0 Å². The van der Waals surface area contributed by atoms with E-state index in [1.165, 1.54) is 12.3 Å². The normalized spacial score (nSPS) is 12.2. The highest BCUT2D eigenvalue weighted by molar-refractivity contribution is 5.87. The summed E-state index contributed by atoms with van der Waals surface area (Å²) in [5.41, 5.74) is 1.25. The van der Waals surface area contributed by atoms with Gasteiger partial charge in [0.1, 0.15) is 17.3 Å². The Morgan fingerprint density at radius 2 is 2.16 bits per heavy atom. The molecule has 0 amide bonds. The first kappa shape index (κ1) is 13.1. The number of aryl methyl sites for hydroxylation is 2. The first-order valence-electron chi connectivity index (χ1n) is 6.00. The standard InChI is InChI=1S/C14H16N2O3/c1-8-6-12(10(3)19-8)9(2)16-13-5-4-11(7-15-13)14(17)18/h4-7,9H,1-3H3,(H,15,16)(H,17,18). The van der Waals surface area contributed by atoms with Crippen LogP contribution in [0, 0.1) is 13.8 Å². The van der Waals surface area contributed by atoms with Crippen LogP contribution in [0.1, 0.15) is 40.4 Å². The van der Waals surface area contributed by atoms with Crippen molar-refractivity contribution in [1.29, 1.82) is 0 Å². The van der Waals surface area contributed by atoms with Gasteiger partial charge in [-0.25, -0.2) is 9.78 Å². The summed E-state index contributed by atoms with van der Waals surface area (Å²) in [4.78, 5) is 14.8. The zero-order valence-electron chi connectivity index (χ0n) is 11.1. The molecule has 0 aromatic carbocycles. The third kappa shape index (κ3) is 2.93. The third-order valence-electron chi connectivity index (χ3n) is 2.92. The van der Waals surface area contributed by atoms with Crippen LogP contribution >= 0.6 is 0 Å². The molecule has 0 aliphatic carbocycles. The first-order chi connectivity index (χ1) is 8.97. The van der Waals surface area contributed by atoms with Gasteiger partial charge in [0, 0.05) is 11.8 Å². The molecule has 100 valence electrons. The molecule has 2 N–H and O–H groups in total. The number of aromatic carboxylic acids is 1. The Morgan fingerprint density at radius 1 is 1.42 bits per heavy atom. The summed E-state index contributed by atoms with van der Waals surface area (Å²) in [6, 6.07) is 5.21. The molecular weight excluding hydrogens is 244 g/mol. The maximum atomic E-state index is 10.7. The summed E-state index contributed by atoms with van der Waals surface area (Å²) in [5, 5.41) is 12.0. The van der Waals surface area contributed by atoms with Crippen molar-refractivity contribution in [2.45, 2.75) is 26.8 Å². The minimum atomic E-state index is -0.978. The highest BCUT2D eigenvalue weighted by Crippen LogP contribution is 2.24. The van der Waals surface area contributed by atoms with Crippen molar-refractivity contribution >= 4 is 11.8 Å². The molecule has 19 heavy (non-hydrogen) atoms. The number of carboxylic acid groups (broad SMARTS) is 1. The van der Waals surface area contributed by atoms with Gasteiger partial charge in [-0.05, 0) is 39.0 Å². The quantitative estimate of drug-likeness (QED) is 0.883. The van der Waals surface area contributed by atoms with Gasteiger partial charge < -0.3 is 14.8 Å². The number of nitrogens with zero attached hydrogens (tertiary/aromatic N) is 1. The second kappa shape index (κ2) is 5.14. The lowest BCUT2D eigenvalue weighted by Crippen LogP contribution is -2.08. The van der Waals surface area contributed by atoms with Crippen molar-refractivity contribution in [3.05, 3.63) is 47.0 Å². The molecule has 0 saturated carbocycles. The minimum absolute atomic E-state index is 0.0422. The molecular formula is C14H16N2O3.